The van der Waals surface area contributed by atoms with Crippen molar-refractivity contribution in [3.05, 3.63) is 0 Å². The second kappa shape index (κ2) is 2.63. The van der Waals surface area contributed by atoms with Crippen LogP contribution in [0.15, 0.2) is 0 Å². The van der Waals surface area contributed by atoms with E-state index in [0.717, 1.165) is 12.9 Å². The fraction of sp³-hybridized carbons (Fsp3) is 1.00. The molecule has 1 nitrogen and oxygen atoms in total. The Kier molecular flexibility index (Phi) is 2.07. The number of thiol groups is 1. The van der Waals surface area contributed by atoms with Gasteiger partial charge < -0.3 is 4.65 Å². The Hall–Kier alpha value is 0.375. The lowest BCUT2D eigenvalue weighted by molar-refractivity contribution is 0.300. The van der Waals surface area contributed by atoms with Crippen molar-refractivity contribution in [1.29, 1.82) is 0 Å². The van der Waals surface area contributed by atoms with Gasteiger partial charge in [-0.15, -0.1) is 0 Å². The van der Waals surface area contributed by atoms with Crippen molar-refractivity contribution in [2.75, 3.05) is 6.61 Å². The average molecular weight is 116 g/mol. The molecule has 40 valence electrons. The normalized spacial score (nSPS) is 22.7. The Bertz CT molecular complexity index is 53.7. The van der Waals surface area contributed by atoms with Gasteiger partial charge in [0.15, 0.2) is 0 Å². The predicted molar refractivity (Wildman–Crippen MR) is 34.7 cm³/mol. The summed E-state index contributed by atoms with van der Waals surface area (Å²) in [4.78, 5) is 0. The molecule has 0 aromatic carbocycles. The second-order valence-corrected chi connectivity index (χ2v) is 2.40. The standard InChI is InChI=1S/C4H9BOS/c7-5-3-1-2-4-6-5/h7H,1-4H2. The molecule has 1 aliphatic heterocycles. The van der Waals surface area contributed by atoms with E-state index in [4.69, 9.17) is 4.65 Å². The zero-order chi connectivity index (χ0) is 5.11. The van der Waals surface area contributed by atoms with Gasteiger partial charge in [-0.25, -0.2) is 0 Å². The SMILES string of the molecule is SB1CCCCO1. The lowest BCUT2D eigenvalue weighted by atomic mass is 9.87. The van der Waals surface area contributed by atoms with E-state index >= 15 is 0 Å². The maximum Gasteiger partial charge on any atom is 0.358 e. The van der Waals surface area contributed by atoms with Crippen LogP contribution in [0.3, 0.4) is 0 Å². The third-order valence-electron chi connectivity index (χ3n) is 1.16. The van der Waals surface area contributed by atoms with Crippen molar-refractivity contribution in [3.8, 4) is 0 Å². The van der Waals surface area contributed by atoms with Crippen LogP contribution in [0.2, 0.25) is 6.32 Å². The van der Waals surface area contributed by atoms with Crippen molar-refractivity contribution in [1.82, 2.24) is 0 Å². The second-order valence-electron chi connectivity index (χ2n) is 1.82. The Labute approximate surface area is 49.9 Å². The van der Waals surface area contributed by atoms with Gasteiger partial charge in [0.2, 0.25) is 0 Å². The molecule has 1 saturated heterocycles. The molecule has 1 aliphatic rings. The lowest BCUT2D eigenvalue weighted by Gasteiger charge is -2.13. The van der Waals surface area contributed by atoms with Crippen molar-refractivity contribution in [3.63, 3.8) is 0 Å². The smallest absolute Gasteiger partial charge is 0.358 e. The highest BCUT2D eigenvalue weighted by Crippen LogP contribution is 2.11. The largest absolute Gasteiger partial charge is 0.426 e. The fourth-order valence-electron chi connectivity index (χ4n) is 0.724. The molecular weight excluding hydrogens is 107 g/mol. The van der Waals surface area contributed by atoms with E-state index in [0.29, 0.717) is 0 Å². The van der Waals surface area contributed by atoms with Gasteiger partial charge >= 0.3 is 6.19 Å². The molecule has 0 saturated carbocycles. The van der Waals surface area contributed by atoms with Crippen molar-refractivity contribution in [2.24, 2.45) is 0 Å². The van der Waals surface area contributed by atoms with E-state index in [-0.39, 0.29) is 6.19 Å². The fourth-order valence-corrected chi connectivity index (χ4v) is 1.01. The van der Waals surface area contributed by atoms with Crippen LogP contribution in [0.5, 0.6) is 0 Å². The Balaban J connectivity index is 2.12. The van der Waals surface area contributed by atoms with Crippen molar-refractivity contribution < 1.29 is 4.65 Å². The zero-order valence-corrected chi connectivity index (χ0v) is 5.16. The van der Waals surface area contributed by atoms with E-state index in [1.165, 1.54) is 12.8 Å². The third kappa shape index (κ3) is 1.74. The third-order valence-corrected chi connectivity index (χ3v) is 1.56. The van der Waals surface area contributed by atoms with Crippen LogP contribution < -0.4 is 0 Å². The molecule has 1 rings (SSSR count). The lowest BCUT2D eigenvalue weighted by Crippen LogP contribution is -2.16. The minimum absolute atomic E-state index is 0.230. The summed E-state index contributed by atoms with van der Waals surface area (Å²) in [5.41, 5.74) is 0. The summed E-state index contributed by atoms with van der Waals surface area (Å²) in [6.07, 6.45) is 3.86. The van der Waals surface area contributed by atoms with Crippen molar-refractivity contribution in [2.45, 2.75) is 19.2 Å². The molecule has 1 heterocycles. The van der Waals surface area contributed by atoms with Crippen LogP contribution >= 0.6 is 12.5 Å². The summed E-state index contributed by atoms with van der Waals surface area (Å²) in [5.74, 6) is 0. The number of hydrogen-bond acceptors (Lipinski definition) is 2. The highest BCUT2D eigenvalue weighted by molar-refractivity contribution is 8.09. The number of hydrogen-bond donors (Lipinski definition) is 1. The molecule has 0 N–H and O–H groups in total. The quantitative estimate of drug-likeness (QED) is 0.369. The first kappa shape index (κ1) is 5.51. The maximum atomic E-state index is 5.14. The van der Waals surface area contributed by atoms with Gasteiger partial charge in [-0.2, -0.15) is 12.5 Å². The summed E-state index contributed by atoms with van der Waals surface area (Å²) in [6.45, 7) is 0.911. The topological polar surface area (TPSA) is 9.23 Å². The first-order chi connectivity index (χ1) is 3.39. The zero-order valence-electron chi connectivity index (χ0n) is 4.26. The van der Waals surface area contributed by atoms with Crippen LogP contribution in [-0.2, 0) is 4.65 Å². The molecule has 3 heteroatoms. The van der Waals surface area contributed by atoms with Gasteiger partial charge in [-0.05, 0) is 12.7 Å². The monoisotopic (exact) mass is 116 g/mol. The Morgan fingerprint density at radius 3 is 2.57 bits per heavy atom. The van der Waals surface area contributed by atoms with E-state index in [1.54, 1.807) is 0 Å². The summed E-state index contributed by atoms with van der Waals surface area (Å²) < 4.78 is 5.14. The highest BCUT2D eigenvalue weighted by Gasteiger charge is 2.12. The molecule has 0 aromatic rings. The van der Waals surface area contributed by atoms with Crippen LogP contribution in [0, 0.1) is 0 Å². The maximum absolute atomic E-state index is 5.14. The van der Waals surface area contributed by atoms with Crippen LogP contribution in [0.25, 0.3) is 0 Å². The van der Waals surface area contributed by atoms with Crippen LogP contribution in [0.1, 0.15) is 12.8 Å². The molecule has 0 radical (unpaired) electrons. The Morgan fingerprint density at radius 1 is 1.43 bits per heavy atom. The van der Waals surface area contributed by atoms with E-state index < -0.39 is 0 Å². The molecule has 0 unspecified atom stereocenters. The Morgan fingerprint density at radius 2 is 2.29 bits per heavy atom. The highest BCUT2D eigenvalue weighted by atomic mass is 32.1. The summed E-state index contributed by atoms with van der Waals surface area (Å²) in [6, 6.07) is 0. The molecule has 7 heavy (non-hydrogen) atoms. The van der Waals surface area contributed by atoms with Gasteiger partial charge in [0.1, 0.15) is 0 Å². The van der Waals surface area contributed by atoms with Gasteiger partial charge in [0, 0.05) is 6.61 Å². The first-order valence-electron chi connectivity index (χ1n) is 2.69. The molecule has 0 bridgehead atoms. The summed E-state index contributed by atoms with van der Waals surface area (Å²) in [7, 11) is 0. The molecule has 0 aromatic heterocycles. The molecule has 0 aliphatic carbocycles. The molecule has 0 atom stereocenters. The number of rotatable bonds is 0. The van der Waals surface area contributed by atoms with Gasteiger partial charge in [0.05, 0.1) is 0 Å². The van der Waals surface area contributed by atoms with Crippen LogP contribution in [-0.4, -0.2) is 12.8 Å². The van der Waals surface area contributed by atoms with Gasteiger partial charge in [-0.3, -0.25) is 0 Å². The molecular formula is C4H9BOS. The van der Waals surface area contributed by atoms with Gasteiger partial charge in [-0.1, -0.05) is 6.42 Å². The van der Waals surface area contributed by atoms with Crippen molar-refractivity contribution >= 4 is 18.7 Å². The van der Waals surface area contributed by atoms with E-state index in [1.807, 2.05) is 0 Å². The van der Waals surface area contributed by atoms with Gasteiger partial charge in [0.25, 0.3) is 0 Å². The summed E-state index contributed by atoms with van der Waals surface area (Å²) in [5, 5.41) is 0. The summed E-state index contributed by atoms with van der Waals surface area (Å²) >= 11 is 4.14. The minimum atomic E-state index is 0.230. The molecule has 1 fully saturated rings. The van der Waals surface area contributed by atoms with E-state index in [2.05, 4.69) is 12.5 Å². The first-order valence-corrected chi connectivity index (χ1v) is 3.21. The predicted octanol–water partition coefficient (Wildman–Crippen LogP) is 1.21. The minimum Gasteiger partial charge on any atom is -0.426 e. The molecule has 0 spiro atoms. The van der Waals surface area contributed by atoms with Crippen LogP contribution in [0.4, 0.5) is 0 Å². The average Bonchev–Trinajstić information content (AvgIpc) is 1.69. The molecule has 0 amide bonds. The van der Waals surface area contributed by atoms with E-state index in [9.17, 15) is 0 Å².